The lowest BCUT2D eigenvalue weighted by Gasteiger charge is -2.22. The van der Waals surface area contributed by atoms with Crippen LogP contribution in [-0.2, 0) is 19.2 Å². The minimum atomic E-state index is -0.556. The molecule has 322 valence electrons. The molecule has 0 bridgehead atoms. The maximum atomic E-state index is 13.9. The van der Waals surface area contributed by atoms with E-state index in [9.17, 15) is 19.2 Å². The number of fused-ring (bicyclic) bond motifs is 16. The normalized spacial score (nSPS) is 14.3. The van der Waals surface area contributed by atoms with Crippen LogP contribution in [-0.4, -0.2) is 50.1 Å². The van der Waals surface area contributed by atoms with Gasteiger partial charge < -0.3 is 40.2 Å². The number of benzene rings is 9. The molecule has 0 radical (unpaired) electrons. The highest BCUT2D eigenvalue weighted by atomic mass is 16.5. The lowest BCUT2D eigenvalue weighted by molar-refractivity contribution is -0.119. The van der Waals surface area contributed by atoms with Gasteiger partial charge in [-0.3, -0.25) is 19.2 Å². The van der Waals surface area contributed by atoms with Crippen molar-refractivity contribution in [2.75, 3.05) is 47.7 Å². The molecule has 0 spiro atoms. The number of hydrogen-bond acceptors (Lipinski definition) is 8. The van der Waals surface area contributed by atoms with Crippen LogP contribution >= 0.6 is 0 Å². The highest BCUT2D eigenvalue weighted by molar-refractivity contribution is 6.13. The molecule has 4 N–H and O–H groups in total. The summed E-state index contributed by atoms with van der Waals surface area (Å²) in [4.78, 5) is 55.7. The Labute approximate surface area is 377 Å². The van der Waals surface area contributed by atoms with Gasteiger partial charge in [-0.1, -0.05) is 121 Å². The van der Waals surface area contributed by atoms with Gasteiger partial charge in [-0.15, -0.1) is 0 Å². The molecule has 12 nitrogen and oxygen atoms in total. The Bertz CT molecular complexity index is 3040. The predicted molar refractivity (Wildman–Crippen MR) is 257 cm³/mol. The Hall–Kier alpha value is -8.90. The summed E-state index contributed by atoms with van der Waals surface area (Å²) in [6.07, 6.45) is 0. The molecule has 2 aliphatic heterocycles. The summed E-state index contributed by atoms with van der Waals surface area (Å²) in [5.41, 5.74) is 3.27. The molecule has 9 aromatic carbocycles. The summed E-state index contributed by atoms with van der Waals surface area (Å²) in [7, 11) is 0. The van der Waals surface area contributed by atoms with Gasteiger partial charge in [0, 0.05) is 22.3 Å². The smallest absolute Gasteiger partial charge is 0.262 e. The van der Waals surface area contributed by atoms with Gasteiger partial charge in [-0.25, -0.2) is 0 Å². The van der Waals surface area contributed by atoms with E-state index in [0.717, 1.165) is 43.1 Å². The summed E-state index contributed by atoms with van der Waals surface area (Å²) in [6, 6.07) is 49.3. The van der Waals surface area contributed by atoms with Crippen LogP contribution in [0, 0.1) is 0 Å². The minimum absolute atomic E-state index is 0.114. The first-order valence-electron chi connectivity index (χ1n) is 21.3. The van der Waals surface area contributed by atoms with E-state index in [4.69, 9.17) is 18.9 Å². The van der Waals surface area contributed by atoms with Gasteiger partial charge in [0.15, 0.2) is 26.4 Å². The monoisotopic (exact) mass is 870 g/mol. The summed E-state index contributed by atoms with van der Waals surface area (Å²) < 4.78 is 25.4. The van der Waals surface area contributed by atoms with E-state index in [2.05, 4.69) is 21.3 Å². The quantitative estimate of drug-likeness (QED) is 0.118. The summed E-state index contributed by atoms with van der Waals surface area (Å²) in [5.74, 6) is -0.509. The Kier molecular flexibility index (Phi) is 10.1. The molecule has 2 heterocycles. The van der Waals surface area contributed by atoms with E-state index in [1.165, 1.54) is 12.1 Å². The molecule has 0 unspecified atom stereocenters. The van der Waals surface area contributed by atoms with Gasteiger partial charge in [-0.05, 0) is 79.5 Å². The van der Waals surface area contributed by atoms with Gasteiger partial charge in [0.1, 0.15) is 23.0 Å². The van der Waals surface area contributed by atoms with Crippen molar-refractivity contribution in [2.24, 2.45) is 0 Å². The molecule has 0 fully saturated rings. The van der Waals surface area contributed by atoms with Crippen molar-refractivity contribution in [2.45, 2.75) is 0 Å². The van der Waals surface area contributed by atoms with Gasteiger partial charge in [0.25, 0.3) is 23.6 Å². The number of hydrogen-bond donors (Lipinski definition) is 4. The van der Waals surface area contributed by atoms with Crippen molar-refractivity contribution < 1.29 is 38.1 Å². The van der Waals surface area contributed by atoms with E-state index >= 15 is 0 Å². The number of carbonyl (C=O) groups excluding carboxylic acids is 4. The molecule has 12 heteroatoms. The molecule has 0 atom stereocenters. The number of ether oxygens (including phenoxy) is 4. The average Bonchev–Trinajstić information content (AvgIpc) is 3.34. The first kappa shape index (κ1) is 39.9. The first-order valence-corrected chi connectivity index (χ1v) is 21.3. The molecule has 0 saturated heterocycles. The summed E-state index contributed by atoms with van der Waals surface area (Å²) in [6.45, 7) is -1.68. The third-order valence-electron chi connectivity index (χ3n) is 11.8. The zero-order valence-electron chi connectivity index (χ0n) is 35.1. The Morgan fingerprint density at radius 1 is 0.288 bits per heavy atom. The molecule has 0 saturated carbocycles. The molecule has 66 heavy (non-hydrogen) atoms. The maximum absolute atomic E-state index is 13.9. The fourth-order valence-electron chi connectivity index (χ4n) is 8.85. The third-order valence-corrected chi connectivity index (χ3v) is 11.8. The molecule has 0 aromatic heterocycles. The molecule has 11 rings (SSSR count). The van der Waals surface area contributed by atoms with Crippen molar-refractivity contribution in [1.82, 2.24) is 0 Å². The van der Waals surface area contributed by atoms with Crippen molar-refractivity contribution >= 4 is 89.5 Å². The zero-order chi connectivity index (χ0) is 44.7. The number of rotatable bonds is 0. The second-order valence-corrected chi connectivity index (χ2v) is 15.9. The molecular weight excluding hydrogens is 833 g/mol. The van der Waals surface area contributed by atoms with E-state index in [0.29, 0.717) is 45.3 Å². The van der Waals surface area contributed by atoms with Crippen molar-refractivity contribution in [3.05, 3.63) is 158 Å². The Balaban J connectivity index is 0.980. The number of nitrogens with one attached hydrogen (secondary N) is 4. The van der Waals surface area contributed by atoms with Crippen molar-refractivity contribution in [3.63, 3.8) is 0 Å². The second kappa shape index (κ2) is 16.7. The van der Waals surface area contributed by atoms with E-state index in [1.807, 2.05) is 146 Å². The fraction of sp³-hybridized carbons (Fsp3) is 0.0741. The van der Waals surface area contributed by atoms with Gasteiger partial charge in [0.05, 0.1) is 22.7 Å². The van der Waals surface area contributed by atoms with E-state index in [1.54, 1.807) is 0 Å². The minimum Gasteiger partial charge on any atom is -0.483 e. The largest absolute Gasteiger partial charge is 0.483 e. The number of amides is 4. The van der Waals surface area contributed by atoms with Crippen LogP contribution < -0.4 is 40.2 Å². The highest BCUT2D eigenvalue weighted by Gasteiger charge is 2.25. The van der Waals surface area contributed by atoms with Gasteiger partial charge in [0.2, 0.25) is 0 Å². The van der Waals surface area contributed by atoms with Crippen molar-refractivity contribution in [1.29, 1.82) is 0 Å². The van der Waals surface area contributed by atoms with E-state index < -0.39 is 50.1 Å². The lowest BCUT2D eigenvalue weighted by Crippen LogP contribution is -2.27. The first-order chi connectivity index (χ1) is 32.3. The molecule has 4 amide bonds. The molecule has 2 aliphatic rings. The van der Waals surface area contributed by atoms with Crippen LogP contribution in [0.3, 0.4) is 0 Å². The molecular formula is C54H38N4O8. The van der Waals surface area contributed by atoms with Crippen LogP contribution in [0.1, 0.15) is 0 Å². The molecule has 9 aromatic rings. The predicted octanol–water partition coefficient (Wildman–Crippen LogP) is 10.3. The van der Waals surface area contributed by atoms with E-state index in [-0.39, 0.29) is 22.7 Å². The second-order valence-electron chi connectivity index (χ2n) is 15.9. The Morgan fingerprint density at radius 3 is 0.758 bits per heavy atom. The van der Waals surface area contributed by atoms with Crippen LogP contribution in [0.4, 0.5) is 22.7 Å². The maximum Gasteiger partial charge on any atom is 0.262 e. The molecule has 0 aliphatic carbocycles. The number of carbonyl (C=O) groups is 4. The fourth-order valence-corrected chi connectivity index (χ4v) is 8.85. The van der Waals surface area contributed by atoms with Gasteiger partial charge >= 0.3 is 0 Å². The summed E-state index contributed by atoms with van der Waals surface area (Å²) >= 11 is 0. The van der Waals surface area contributed by atoms with Crippen molar-refractivity contribution in [3.8, 4) is 45.3 Å². The van der Waals surface area contributed by atoms with Crippen LogP contribution in [0.25, 0.3) is 65.3 Å². The van der Waals surface area contributed by atoms with Crippen LogP contribution in [0.2, 0.25) is 0 Å². The average molecular weight is 871 g/mol. The Morgan fingerprint density at radius 2 is 0.515 bits per heavy atom. The lowest BCUT2D eigenvalue weighted by atomic mass is 9.92. The topological polar surface area (TPSA) is 153 Å². The summed E-state index contributed by atoms with van der Waals surface area (Å²) in [5, 5.41) is 18.6. The number of anilines is 4. The van der Waals surface area contributed by atoms with Gasteiger partial charge in [-0.2, -0.15) is 0 Å². The zero-order valence-corrected chi connectivity index (χ0v) is 35.1. The SMILES string of the molecule is O=C1COc2ccc3ccccc3c2-c2c(ccc3ccccc23)OCC(=O)Nc2cc3c(cc2N1)NC(=O)COc1ccc2ccccc2c1-c1c(ccc2ccccc12)OCC(=O)N3. The third kappa shape index (κ3) is 7.45. The standard InChI is InChI=1S/C54H38N4O8/c59-47-27-63-43-21-17-31-9-1-5-13-35(31)51(43)52-36-14-6-2-10-32(36)18-22-44(52)64-28-48(60)56-40-26-42-41(25-39(40)55-47)57-49(61)29-65-45-23-19-33-11-3-7-15-37(33)53(45)54-38-16-8-4-12-34(38)20-24-46(54)66-30-50(62)58-42/h1-26H,27-30H2,(H,55,59)(H,56,60)(H,57,61)(H,58,62). The highest BCUT2D eigenvalue weighted by Crippen LogP contribution is 2.47. The van der Waals surface area contributed by atoms with Crippen LogP contribution in [0.5, 0.6) is 23.0 Å². The van der Waals surface area contributed by atoms with Crippen LogP contribution in [0.15, 0.2) is 158 Å².